The van der Waals surface area contributed by atoms with E-state index in [2.05, 4.69) is 49.1 Å². The number of benzene rings is 5. The summed E-state index contributed by atoms with van der Waals surface area (Å²) in [5.41, 5.74) is 3.39. The predicted molar refractivity (Wildman–Crippen MR) is 253 cm³/mol. The van der Waals surface area contributed by atoms with Gasteiger partial charge in [-0.15, -0.1) is 0 Å². The molecule has 3 saturated heterocycles. The highest BCUT2D eigenvalue weighted by Gasteiger charge is 2.74. The van der Waals surface area contributed by atoms with Crippen molar-refractivity contribution >= 4 is 29.4 Å². The largest absolute Gasteiger partial charge is 0.491 e. The lowest BCUT2D eigenvalue weighted by atomic mass is 9.64. The van der Waals surface area contributed by atoms with E-state index in [0.717, 1.165) is 17.7 Å². The zero-order valence-electron chi connectivity index (χ0n) is 37.1. The molecule has 5 aromatic carbocycles. The molecule has 338 valence electrons. The molecule has 4 aliphatic heterocycles. The number of anilines is 2. The van der Waals surface area contributed by atoms with Crippen LogP contribution in [0.3, 0.4) is 0 Å². The van der Waals surface area contributed by atoms with Gasteiger partial charge in [-0.25, -0.2) is 9.97 Å². The molecular formula is C54H51N7O6. The number of para-hydroxylation sites is 1. The van der Waals surface area contributed by atoms with Gasteiger partial charge in [0.05, 0.1) is 31.2 Å². The van der Waals surface area contributed by atoms with E-state index in [-0.39, 0.29) is 19.1 Å². The summed E-state index contributed by atoms with van der Waals surface area (Å²) in [6, 6.07) is 41.6. The summed E-state index contributed by atoms with van der Waals surface area (Å²) >= 11 is 0. The third kappa shape index (κ3) is 8.07. The Bertz CT molecular complexity index is 2800. The number of aromatic nitrogens is 2. The van der Waals surface area contributed by atoms with Gasteiger partial charge >= 0.3 is 5.97 Å². The summed E-state index contributed by atoms with van der Waals surface area (Å²) in [6.07, 6.45) is 2.56. The number of morpholine rings is 1. The van der Waals surface area contributed by atoms with E-state index in [9.17, 15) is 5.11 Å². The molecule has 13 nitrogen and oxygen atoms in total. The Morgan fingerprint density at radius 3 is 2.22 bits per heavy atom. The minimum atomic E-state index is -1.73. The molecular weight excluding hydrogens is 843 g/mol. The fourth-order valence-corrected chi connectivity index (χ4v) is 10.6. The highest BCUT2D eigenvalue weighted by atomic mass is 16.6. The van der Waals surface area contributed by atoms with Crippen LogP contribution in [0.15, 0.2) is 152 Å². The number of amides is 2. The molecule has 0 saturated carbocycles. The lowest BCUT2D eigenvalue weighted by Crippen LogP contribution is -2.58. The summed E-state index contributed by atoms with van der Waals surface area (Å²) < 4.78 is 13.0. The minimum Gasteiger partial charge on any atom is -0.491 e. The van der Waals surface area contributed by atoms with Crippen LogP contribution < -0.4 is 15.0 Å². The summed E-state index contributed by atoms with van der Waals surface area (Å²) in [7, 11) is 2.02. The van der Waals surface area contributed by atoms with E-state index in [1.54, 1.807) is 23.4 Å². The molecule has 6 unspecified atom stereocenters. The normalized spacial score (nSPS) is 23.2. The maximum absolute atomic E-state index is 16.0. The summed E-state index contributed by atoms with van der Waals surface area (Å²) in [5.74, 6) is 5.05. The molecule has 3 fully saturated rings. The number of carbonyl (C=O) groups is 3. The molecule has 0 radical (unpaired) electrons. The number of cyclic esters (lactones) is 1. The third-order valence-electron chi connectivity index (χ3n) is 13.4. The van der Waals surface area contributed by atoms with Crippen LogP contribution in [0.25, 0.3) is 0 Å². The Morgan fingerprint density at radius 1 is 0.836 bits per heavy atom. The van der Waals surface area contributed by atoms with Crippen LogP contribution in [0, 0.1) is 17.8 Å². The first-order chi connectivity index (χ1) is 32.9. The monoisotopic (exact) mass is 893 g/mol. The molecule has 6 atom stereocenters. The molecule has 0 aliphatic carbocycles. The molecule has 2 amide bonds. The molecule has 1 spiro atoms. The van der Waals surface area contributed by atoms with E-state index < -0.39 is 47.4 Å². The average molecular weight is 894 g/mol. The second-order valence-electron chi connectivity index (χ2n) is 17.4. The Morgan fingerprint density at radius 2 is 1.51 bits per heavy atom. The Kier molecular flexibility index (Phi) is 12.2. The van der Waals surface area contributed by atoms with Crippen LogP contribution in [-0.4, -0.2) is 107 Å². The average Bonchev–Trinajstić information content (AvgIpc) is 3.85. The molecule has 0 bridgehead atoms. The number of esters is 1. The fraction of sp³-hybridized carbons (Fsp3) is 0.278. The zero-order valence-corrected chi connectivity index (χ0v) is 37.1. The number of hydrogen-bond acceptors (Lipinski definition) is 11. The fourth-order valence-electron chi connectivity index (χ4n) is 10.6. The van der Waals surface area contributed by atoms with Crippen LogP contribution >= 0.6 is 0 Å². The molecule has 5 heterocycles. The van der Waals surface area contributed by atoms with Crippen molar-refractivity contribution in [2.45, 2.75) is 36.2 Å². The van der Waals surface area contributed by atoms with Gasteiger partial charge in [-0.2, -0.15) is 0 Å². The summed E-state index contributed by atoms with van der Waals surface area (Å²) in [5, 5.41) is 13.3. The standard InChI is InChI=1S/C54H51N7O6/c1-58(36-38-15-5-2-6-16-38)28-13-17-37-24-25-43-42(35-37)54(52(65)57-43)45(50(63)59-29-31-60(32-30-59)53-55-26-14-27-56-53)47-51(64)67-48(40-20-9-4-10-21-40)46(39-18-7-3-8-19-39)61(47)49(54)41-22-11-12-23-44(41)66-34-33-62/h2-12,14-16,18-27,35,45-49,62H,28-34,36H2,1H3,(H,57,65). The van der Waals surface area contributed by atoms with Crippen molar-refractivity contribution < 1.29 is 29.0 Å². The van der Waals surface area contributed by atoms with Crippen LogP contribution in [0.1, 0.15) is 51.6 Å². The second kappa shape index (κ2) is 18.9. The Labute approximate surface area is 390 Å². The van der Waals surface area contributed by atoms with E-state index in [0.29, 0.717) is 66.8 Å². The number of piperazine rings is 1. The molecule has 13 heteroatoms. The molecule has 67 heavy (non-hydrogen) atoms. The molecule has 10 rings (SSSR count). The lowest BCUT2D eigenvalue weighted by Gasteiger charge is -2.46. The van der Waals surface area contributed by atoms with Gasteiger partial charge in [0.25, 0.3) is 0 Å². The van der Waals surface area contributed by atoms with E-state index >= 15 is 14.4 Å². The number of nitrogens with zero attached hydrogens (tertiary/aromatic N) is 6. The van der Waals surface area contributed by atoms with Gasteiger partial charge in [-0.3, -0.25) is 24.2 Å². The highest BCUT2D eigenvalue weighted by molar-refractivity contribution is 6.12. The molecule has 1 aromatic heterocycles. The van der Waals surface area contributed by atoms with Crippen molar-refractivity contribution in [2.24, 2.45) is 5.92 Å². The number of aliphatic hydroxyl groups is 1. The molecule has 2 N–H and O–H groups in total. The smallest absolute Gasteiger partial charge is 0.324 e. The van der Waals surface area contributed by atoms with E-state index in [1.807, 2.05) is 133 Å². The molecule has 6 aromatic rings. The van der Waals surface area contributed by atoms with Crippen molar-refractivity contribution in [1.82, 2.24) is 24.7 Å². The van der Waals surface area contributed by atoms with Crippen LogP contribution in [-0.2, 0) is 31.1 Å². The van der Waals surface area contributed by atoms with Crippen LogP contribution in [0.5, 0.6) is 5.75 Å². The molecule has 4 aliphatic rings. The topological polar surface area (TPSA) is 141 Å². The quantitative estimate of drug-likeness (QED) is 0.118. The zero-order chi connectivity index (χ0) is 45.9. The summed E-state index contributed by atoms with van der Waals surface area (Å²) in [4.78, 5) is 64.2. The number of fused-ring (bicyclic) bond motifs is 3. The van der Waals surface area contributed by atoms with Crippen LogP contribution in [0.4, 0.5) is 11.6 Å². The van der Waals surface area contributed by atoms with Gasteiger partial charge in [0.2, 0.25) is 17.8 Å². The summed E-state index contributed by atoms with van der Waals surface area (Å²) in [6.45, 7) is 2.43. The number of ether oxygens (including phenoxy) is 2. The van der Waals surface area contributed by atoms with Crippen LogP contribution in [0.2, 0.25) is 0 Å². The third-order valence-corrected chi connectivity index (χ3v) is 13.4. The van der Waals surface area contributed by atoms with Crippen molar-refractivity contribution in [1.29, 1.82) is 0 Å². The first-order valence-corrected chi connectivity index (χ1v) is 22.7. The number of rotatable bonds is 11. The first kappa shape index (κ1) is 43.5. The van der Waals surface area contributed by atoms with Gasteiger partial charge < -0.3 is 29.7 Å². The van der Waals surface area contributed by atoms with Gasteiger partial charge in [0, 0.05) is 61.9 Å². The number of hydrogen-bond donors (Lipinski definition) is 2. The van der Waals surface area contributed by atoms with Gasteiger partial charge in [-0.05, 0) is 59.6 Å². The highest BCUT2D eigenvalue weighted by Crippen LogP contribution is 2.66. The minimum absolute atomic E-state index is 0.0179. The van der Waals surface area contributed by atoms with E-state index in [1.165, 1.54) is 5.56 Å². The van der Waals surface area contributed by atoms with Crippen molar-refractivity contribution in [3.8, 4) is 17.6 Å². The first-order valence-electron chi connectivity index (χ1n) is 22.7. The van der Waals surface area contributed by atoms with Crippen molar-refractivity contribution in [3.63, 3.8) is 0 Å². The Balaban J connectivity index is 1.16. The second-order valence-corrected chi connectivity index (χ2v) is 17.4. The van der Waals surface area contributed by atoms with Gasteiger partial charge in [0.15, 0.2) is 0 Å². The predicted octanol–water partition coefficient (Wildman–Crippen LogP) is 5.95. The maximum Gasteiger partial charge on any atom is 0.324 e. The number of nitrogens with one attached hydrogen (secondary N) is 1. The van der Waals surface area contributed by atoms with E-state index in [4.69, 9.17) is 9.47 Å². The van der Waals surface area contributed by atoms with Gasteiger partial charge in [-0.1, -0.05) is 121 Å². The van der Waals surface area contributed by atoms with Crippen molar-refractivity contribution in [2.75, 3.05) is 63.2 Å². The maximum atomic E-state index is 16.0. The lowest BCUT2D eigenvalue weighted by molar-refractivity contribution is -0.179. The van der Waals surface area contributed by atoms with Crippen molar-refractivity contribution in [3.05, 3.63) is 185 Å². The number of aliphatic hydroxyl groups excluding tert-OH is 1. The number of carbonyl (C=O) groups excluding carboxylic acids is 3. The SMILES string of the molecule is CN(CC#Cc1ccc2c(c1)C1(C(=O)N2)C(C(=O)N2CCN(c3ncccn3)CC2)C2C(=O)OC(c3ccccc3)C(c3ccccc3)N2C1c1ccccc1OCCO)Cc1ccccc1. The Hall–Kier alpha value is -7.37. The van der Waals surface area contributed by atoms with Gasteiger partial charge in [0.1, 0.15) is 29.9 Å².